The third-order valence-corrected chi connectivity index (χ3v) is 8.59. The van der Waals surface area contributed by atoms with Gasteiger partial charge in [-0.2, -0.15) is 0 Å². The van der Waals surface area contributed by atoms with E-state index in [-0.39, 0.29) is 23.7 Å². The van der Waals surface area contributed by atoms with Crippen LogP contribution < -0.4 is 9.64 Å². The lowest BCUT2D eigenvalue weighted by molar-refractivity contribution is -0.138. The van der Waals surface area contributed by atoms with Crippen molar-refractivity contribution in [1.82, 2.24) is 0 Å². The Balaban J connectivity index is 1.31. The minimum absolute atomic E-state index is 0.0469. The molecule has 0 aromatic heterocycles. The molecule has 2 amide bonds. The first-order chi connectivity index (χ1) is 19.5. The number of benzene rings is 4. The Hall–Kier alpha value is -4.25. The van der Waals surface area contributed by atoms with Gasteiger partial charge in [-0.25, -0.2) is 4.90 Å². The van der Waals surface area contributed by atoms with Crippen molar-refractivity contribution in [1.29, 1.82) is 0 Å². The van der Waals surface area contributed by atoms with Gasteiger partial charge in [0, 0.05) is 16.5 Å². The van der Waals surface area contributed by atoms with Gasteiger partial charge in [0.15, 0.2) is 0 Å². The fraction of sp³-hybridized carbons (Fsp3) is 0.286. The van der Waals surface area contributed by atoms with Crippen molar-refractivity contribution in [3.05, 3.63) is 95.6 Å². The third kappa shape index (κ3) is 4.49. The van der Waals surface area contributed by atoms with Gasteiger partial charge in [-0.15, -0.1) is 0 Å². The quantitative estimate of drug-likeness (QED) is 0.137. The Labute approximate surface area is 234 Å². The number of carbonyl (C=O) groups is 3. The summed E-state index contributed by atoms with van der Waals surface area (Å²) < 4.78 is 5.56. The predicted molar refractivity (Wildman–Crippen MR) is 158 cm³/mol. The summed E-state index contributed by atoms with van der Waals surface area (Å²) in [5.41, 5.74) is 4.83. The van der Waals surface area contributed by atoms with Crippen molar-refractivity contribution >= 4 is 34.2 Å². The molecule has 1 aliphatic heterocycles. The minimum Gasteiger partial charge on any atom is -0.426 e. The molecule has 4 aromatic rings. The second kappa shape index (κ2) is 10.7. The second-order valence-corrected chi connectivity index (χ2v) is 10.9. The summed E-state index contributed by atoms with van der Waals surface area (Å²) in [7, 11) is 0. The molecular formula is C35H33NO4. The Morgan fingerprint density at radius 3 is 2.08 bits per heavy atom. The number of imide groups is 1. The molecule has 202 valence electrons. The molecule has 1 saturated carbocycles. The van der Waals surface area contributed by atoms with Gasteiger partial charge in [0.05, 0.1) is 11.6 Å². The van der Waals surface area contributed by atoms with E-state index >= 15 is 0 Å². The maximum Gasteiger partial charge on any atom is 0.314 e. The zero-order valence-corrected chi connectivity index (χ0v) is 23.0. The van der Waals surface area contributed by atoms with Gasteiger partial charge in [0.1, 0.15) is 5.75 Å². The second-order valence-electron chi connectivity index (χ2n) is 10.9. The van der Waals surface area contributed by atoms with Crippen LogP contribution in [0.5, 0.6) is 5.75 Å². The Morgan fingerprint density at radius 1 is 0.800 bits per heavy atom. The van der Waals surface area contributed by atoms with E-state index in [0.717, 1.165) is 55.0 Å². The highest BCUT2D eigenvalue weighted by molar-refractivity contribution is 6.36. The van der Waals surface area contributed by atoms with Crippen LogP contribution in [0.4, 0.5) is 5.69 Å². The van der Waals surface area contributed by atoms with E-state index in [0.29, 0.717) is 33.9 Å². The van der Waals surface area contributed by atoms with Crippen LogP contribution in [0.3, 0.4) is 0 Å². The molecule has 1 fully saturated rings. The molecule has 1 heterocycles. The molecule has 0 atom stereocenters. The van der Waals surface area contributed by atoms with E-state index in [1.807, 2.05) is 24.3 Å². The molecule has 0 spiro atoms. The van der Waals surface area contributed by atoms with Crippen LogP contribution in [0.2, 0.25) is 0 Å². The van der Waals surface area contributed by atoms with Gasteiger partial charge in [0.2, 0.25) is 0 Å². The molecule has 0 bridgehead atoms. The molecule has 1 aliphatic carbocycles. The summed E-state index contributed by atoms with van der Waals surface area (Å²) in [5, 5.41) is 1.58. The van der Waals surface area contributed by atoms with Gasteiger partial charge in [-0.3, -0.25) is 14.4 Å². The molecule has 0 N–H and O–H groups in total. The van der Waals surface area contributed by atoms with Crippen molar-refractivity contribution in [3.63, 3.8) is 0 Å². The molecule has 2 aliphatic rings. The zero-order chi connectivity index (χ0) is 27.8. The monoisotopic (exact) mass is 531 g/mol. The third-order valence-electron chi connectivity index (χ3n) is 8.59. The largest absolute Gasteiger partial charge is 0.426 e. The molecule has 6 rings (SSSR count). The maximum atomic E-state index is 13.7. The van der Waals surface area contributed by atoms with E-state index in [1.165, 1.54) is 10.5 Å². The first-order valence-electron chi connectivity index (χ1n) is 14.4. The van der Waals surface area contributed by atoms with Crippen LogP contribution in [0, 0.1) is 5.92 Å². The number of nitrogens with zero attached hydrogens (tertiary/aromatic N) is 1. The number of ether oxygens (including phenoxy) is 1. The molecular weight excluding hydrogens is 498 g/mol. The topological polar surface area (TPSA) is 63.7 Å². The molecule has 0 unspecified atom stereocenters. The summed E-state index contributed by atoms with van der Waals surface area (Å²) >= 11 is 0. The van der Waals surface area contributed by atoms with Crippen molar-refractivity contribution in [2.75, 3.05) is 4.90 Å². The van der Waals surface area contributed by atoms with E-state index in [9.17, 15) is 14.4 Å². The van der Waals surface area contributed by atoms with E-state index in [2.05, 4.69) is 38.1 Å². The SMILES string of the molecule is CCC(CC)c1ccc(-c2ccc3c4c(cccc24)C(=O)N(c2ccc(OC(=O)C4CCCC4)cc2)C3=O)cc1. The first-order valence-corrected chi connectivity index (χ1v) is 14.4. The minimum atomic E-state index is -0.361. The average Bonchev–Trinajstić information content (AvgIpc) is 3.53. The Morgan fingerprint density at radius 2 is 1.43 bits per heavy atom. The number of hydrogen-bond donors (Lipinski definition) is 0. The van der Waals surface area contributed by atoms with Crippen LogP contribution >= 0.6 is 0 Å². The van der Waals surface area contributed by atoms with Gasteiger partial charge in [-0.1, -0.05) is 69.2 Å². The number of anilines is 1. The highest BCUT2D eigenvalue weighted by Gasteiger charge is 2.34. The highest BCUT2D eigenvalue weighted by Crippen LogP contribution is 2.39. The van der Waals surface area contributed by atoms with Crippen LogP contribution in [0.1, 0.15) is 84.6 Å². The van der Waals surface area contributed by atoms with Crippen LogP contribution in [-0.2, 0) is 4.79 Å². The van der Waals surface area contributed by atoms with Crippen LogP contribution in [0.25, 0.3) is 21.9 Å². The Kier molecular flexibility index (Phi) is 6.97. The summed E-state index contributed by atoms with van der Waals surface area (Å²) in [4.78, 5) is 41.0. The maximum absolute atomic E-state index is 13.7. The summed E-state index contributed by atoms with van der Waals surface area (Å²) in [6, 6.07) is 24.7. The van der Waals surface area contributed by atoms with Crippen molar-refractivity contribution in [2.24, 2.45) is 5.92 Å². The van der Waals surface area contributed by atoms with Crippen LogP contribution in [0.15, 0.2) is 78.9 Å². The fourth-order valence-corrected chi connectivity index (χ4v) is 6.30. The van der Waals surface area contributed by atoms with Gasteiger partial charge < -0.3 is 4.74 Å². The highest BCUT2D eigenvalue weighted by atomic mass is 16.5. The number of carbonyl (C=O) groups excluding carboxylic acids is 3. The van der Waals surface area contributed by atoms with Crippen molar-refractivity contribution in [2.45, 2.75) is 58.3 Å². The standard InChI is InChI=1S/C35H33NO4/c1-3-22(4-2)23-12-14-24(15-13-23)28-20-21-31-32-29(28)10-7-11-30(32)33(37)36(34(31)38)26-16-18-27(19-17-26)40-35(39)25-8-5-6-9-25/h7,10-22,25H,3-6,8-9H2,1-2H3. The molecule has 0 saturated heterocycles. The molecule has 4 aromatic carbocycles. The smallest absolute Gasteiger partial charge is 0.314 e. The van der Waals surface area contributed by atoms with E-state index in [1.54, 1.807) is 30.3 Å². The summed E-state index contributed by atoms with van der Waals surface area (Å²) in [6.45, 7) is 4.43. The van der Waals surface area contributed by atoms with E-state index < -0.39 is 0 Å². The summed E-state index contributed by atoms with van der Waals surface area (Å²) in [6.07, 6.45) is 6.04. The first kappa shape index (κ1) is 26.0. The fourth-order valence-electron chi connectivity index (χ4n) is 6.30. The van der Waals surface area contributed by atoms with Crippen molar-refractivity contribution < 1.29 is 19.1 Å². The van der Waals surface area contributed by atoms with Gasteiger partial charge in [0.25, 0.3) is 11.8 Å². The predicted octanol–water partition coefficient (Wildman–Crippen LogP) is 8.31. The Bertz CT molecular complexity index is 1570. The van der Waals surface area contributed by atoms with Crippen molar-refractivity contribution in [3.8, 4) is 16.9 Å². The van der Waals surface area contributed by atoms with E-state index in [4.69, 9.17) is 4.74 Å². The molecule has 40 heavy (non-hydrogen) atoms. The van der Waals surface area contributed by atoms with Gasteiger partial charge >= 0.3 is 5.97 Å². The number of hydrogen-bond acceptors (Lipinski definition) is 4. The normalized spacial score (nSPS) is 15.3. The number of rotatable bonds is 7. The van der Waals surface area contributed by atoms with Crippen LogP contribution in [-0.4, -0.2) is 17.8 Å². The number of esters is 1. The number of amides is 2. The lowest BCUT2D eigenvalue weighted by Gasteiger charge is -2.28. The summed E-state index contributed by atoms with van der Waals surface area (Å²) in [5.74, 6) is -0.0219. The average molecular weight is 532 g/mol. The molecule has 0 radical (unpaired) electrons. The zero-order valence-electron chi connectivity index (χ0n) is 23.0. The lowest BCUT2D eigenvalue weighted by Crippen LogP contribution is -2.40. The van der Waals surface area contributed by atoms with Gasteiger partial charge in [-0.05, 0) is 90.1 Å². The molecule has 5 heteroatoms. The lowest BCUT2D eigenvalue weighted by atomic mass is 9.87. The molecule has 5 nitrogen and oxygen atoms in total.